The van der Waals surface area contributed by atoms with E-state index in [0.717, 1.165) is 23.8 Å². The molecule has 2 fully saturated rings. The molecular weight excluding hydrogens is 262 g/mol. The van der Waals surface area contributed by atoms with Gasteiger partial charge in [0.05, 0.1) is 12.2 Å². The summed E-state index contributed by atoms with van der Waals surface area (Å²) in [6, 6.07) is 7.91. The molecule has 1 amide bonds. The summed E-state index contributed by atoms with van der Waals surface area (Å²) in [4.78, 5) is 14.9. The van der Waals surface area contributed by atoms with Crippen LogP contribution in [0.25, 0.3) is 0 Å². The highest BCUT2D eigenvalue weighted by molar-refractivity contribution is 5.96. The number of anilines is 1. The topological polar surface area (TPSA) is 29.5 Å². The molecule has 1 aromatic rings. The first-order valence-corrected chi connectivity index (χ1v) is 8.08. The summed E-state index contributed by atoms with van der Waals surface area (Å²) in [6.07, 6.45) is 5.89. The van der Waals surface area contributed by atoms with Gasteiger partial charge in [0.1, 0.15) is 11.4 Å². The van der Waals surface area contributed by atoms with Crippen LogP contribution >= 0.6 is 0 Å². The molecule has 21 heavy (non-hydrogen) atoms. The SMILES string of the molecule is CC1(C)CN(C(=O)CC2(C3CC3)CC2)c2ccccc2O1. The highest BCUT2D eigenvalue weighted by Gasteiger charge is 2.55. The van der Waals surface area contributed by atoms with Crippen LogP contribution in [0.5, 0.6) is 5.75 Å². The summed E-state index contributed by atoms with van der Waals surface area (Å²) in [6.45, 7) is 4.75. The molecule has 0 aromatic heterocycles. The van der Waals surface area contributed by atoms with Crippen LogP contribution < -0.4 is 9.64 Å². The lowest BCUT2D eigenvalue weighted by atomic mass is 9.94. The van der Waals surface area contributed by atoms with Crippen LogP contribution in [0.2, 0.25) is 0 Å². The summed E-state index contributed by atoms with van der Waals surface area (Å²) in [5.74, 6) is 1.94. The number of hydrogen-bond donors (Lipinski definition) is 0. The van der Waals surface area contributed by atoms with E-state index in [1.165, 1.54) is 25.7 Å². The molecule has 0 bridgehead atoms. The molecule has 2 aliphatic carbocycles. The van der Waals surface area contributed by atoms with Gasteiger partial charge in [-0.3, -0.25) is 4.79 Å². The molecule has 1 heterocycles. The van der Waals surface area contributed by atoms with Crippen molar-refractivity contribution in [2.45, 2.75) is 51.6 Å². The number of nitrogens with zero attached hydrogens (tertiary/aromatic N) is 1. The van der Waals surface area contributed by atoms with Gasteiger partial charge in [-0.1, -0.05) is 12.1 Å². The Bertz CT molecular complexity index is 585. The first kappa shape index (κ1) is 13.2. The van der Waals surface area contributed by atoms with E-state index in [4.69, 9.17) is 4.74 Å². The van der Waals surface area contributed by atoms with Gasteiger partial charge in [-0.05, 0) is 63.0 Å². The van der Waals surface area contributed by atoms with E-state index < -0.39 is 0 Å². The first-order chi connectivity index (χ1) is 9.99. The first-order valence-electron chi connectivity index (χ1n) is 8.08. The smallest absolute Gasteiger partial charge is 0.227 e. The molecule has 0 saturated heterocycles. The molecule has 0 atom stereocenters. The van der Waals surface area contributed by atoms with Gasteiger partial charge in [0, 0.05) is 6.42 Å². The highest BCUT2D eigenvalue weighted by atomic mass is 16.5. The van der Waals surface area contributed by atoms with E-state index in [-0.39, 0.29) is 11.5 Å². The third-order valence-electron chi connectivity index (χ3n) is 5.22. The summed E-state index contributed by atoms with van der Waals surface area (Å²) in [5.41, 5.74) is 0.975. The third kappa shape index (κ3) is 2.33. The minimum atomic E-state index is -0.319. The maximum absolute atomic E-state index is 12.9. The quantitative estimate of drug-likeness (QED) is 0.846. The van der Waals surface area contributed by atoms with Crippen LogP contribution in [0, 0.1) is 11.3 Å². The second-order valence-electron chi connectivity index (χ2n) is 7.62. The Morgan fingerprint density at radius 1 is 1.29 bits per heavy atom. The molecule has 0 radical (unpaired) electrons. The number of hydrogen-bond acceptors (Lipinski definition) is 2. The van der Waals surface area contributed by atoms with Gasteiger partial charge >= 0.3 is 0 Å². The van der Waals surface area contributed by atoms with Crippen LogP contribution in [0.3, 0.4) is 0 Å². The van der Waals surface area contributed by atoms with Crippen LogP contribution in [0.1, 0.15) is 46.0 Å². The van der Waals surface area contributed by atoms with Crippen molar-refractivity contribution in [3.8, 4) is 5.75 Å². The number of rotatable bonds is 3. The standard InChI is InChI=1S/C18H23NO2/c1-17(2)12-19(14-5-3-4-6-15(14)21-17)16(20)11-18(9-10-18)13-7-8-13/h3-6,13H,7-12H2,1-2H3. The Morgan fingerprint density at radius 2 is 2.00 bits per heavy atom. The second-order valence-corrected chi connectivity index (χ2v) is 7.62. The van der Waals surface area contributed by atoms with Crippen LogP contribution in [0.15, 0.2) is 24.3 Å². The second kappa shape index (κ2) is 4.25. The van der Waals surface area contributed by atoms with E-state index in [2.05, 4.69) is 13.8 Å². The fourth-order valence-corrected chi connectivity index (χ4v) is 3.77. The van der Waals surface area contributed by atoms with Crippen molar-refractivity contribution in [3.05, 3.63) is 24.3 Å². The van der Waals surface area contributed by atoms with E-state index in [1.807, 2.05) is 29.2 Å². The number of fused-ring (bicyclic) bond motifs is 1. The molecule has 0 N–H and O–H groups in total. The van der Waals surface area contributed by atoms with Gasteiger partial charge in [-0.15, -0.1) is 0 Å². The summed E-state index contributed by atoms with van der Waals surface area (Å²) < 4.78 is 6.01. The van der Waals surface area contributed by atoms with Gasteiger partial charge in [0.2, 0.25) is 5.91 Å². The molecule has 2 saturated carbocycles. The fourth-order valence-electron chi connectivity index (χ4n) is 3.77. The van der Waals surface area contributed by atoms with Crippen LogP contribution in [-0.4, -0.2) is 18.1 Å². The van der Waals surface area contributed by atoms with Crippen LogP contribution in [-0.2, 0) is 4.79 Å². The third-order valence-corrected chi connectivity index (χ3v) is 5.22. The summed E-state index contributed by atoms with van der Waals surface area (Å²) >= 11 is 0. The average Bonchev–Trinajstić information content (AvgIpc) is 3.29. The van der Waals surface area contributed by atoms with Crippen molar-refractivity contribution in [3.63, 3.8) is 0 Å². The lowest BCUT2D eigenvalue weighted by molar-refractivity contribution is -0.120. The van der Waals surface area contributed by atoms with Gasteiger partial charge < -0.3 is 9.64 Å². The van der Waals surface area contributed by atoms with Gasteiger partial charge in [0.25, 0.3) is 0 Å². The number of carbonyl (C=O) groups is 1. The number of para-hydroxylation sites is 2. The normalized spacial score (nSPS) is 25.0. The Balaban J connectivity index is 1.60. The zero-order valence-corrected chi connectivity index (χ0v) is 12.9. The number of amides is 1. The molecule has 3 aliphatic rings. The molecule has 1 aromatic carbocycles. The lowest BCUT2D eigenvalue weighted by Gasteiger charge is -2.40. The van der Waals surface area contributed by atoms with Gasteiger partial charge in [0.15, 0.2) is 0 Å². The summed E-state index contributed by atoms with van der Waals surface area (Å²) in [7, 11) is 0. The van der Waals surface area contributed by atoms with Crippen molar-refractivity contribution in [2.24, 2.45) is 11.3 Å². The minimum Gasteiger partial charge on any atom is -0.484 e. The molecule has 0 unspecified atom stereocenters. The molecule has 3 nitrogen and oxygen atoms in total. The molecule has 0 spiro atoms. The monoisotopic (exact) mass is 285 g/mol. The van der Waals surface area contributed by atoms with E-state index in [9.17, 15) is 4.79 Å². The van der Waals surface area contributed by atoms with Crippen molar-refractivity contribution in [1.29, 1.82) is 0 Å². The van der Waals surface area contributed by atoms with Crippen molar-refractivity contribution >= 4 is 11.6 Å². The molecule has 112 valence electrons. The molecule has 3 heteroatoms. The predicted molar refractivity (Wildman–Crippen MR) is 82.5 cm³/mol. The molecule has 1 aliphatic heterocycles. The van der Waals surface area contributed by atoms with Crippen molar-refractivity contribution < 1.29 is 9.53 Å². The van der Waals surface area contributed by atoms with Gasteiger partial charge in [-0.25, -0.2) is 0 Å². The molecular formula is C18H23NO2. The Morgan fingerprint density at radius 3 is 2.67 bits per heavy atom. The van der Waals surface area contributed by atoms with Gasteiger partial charge in [-0.2, -0.15) is 0 Å². The van der Waals surface area contributed by atoms with Crippen molar-refractivity contribution in [1.82, 2.24) is 0 Å². The summed E-state index contributed by atoms with van der Waals surface area (Å²) in [5, 5.41) is 0. The van der Waals surface area contributed by atoms with Crippen molar-refractivity contribution in [2.75, 3.05) is 11.4 Å². The zero-order chi connectivity index (χ0) is 14.7. The lowest BCUT2D eigenvalue weighted by Crippen LogP contribution is -2.49. The maximum atomic E-state index is 12.9. The minimum absolute atomic E-state index is 0.281. The van der Waals surface area contributed by atoms with E-state index in [1.54, 1.807) is 0 Å². The van der Waals surface area contributed by atoms with E-state index in [0.29, 0.717) is 12.0 Å². The fraction of sp³-hybridized carbons (Fsp3) is 0.611. The highest BCUT2D eigenvalue weighted by Crippen LogP contribution is 2.63. The Hall–Kier alpha value is -1.51. The Labute approximate surface area is 126 Å². The van der Waals surface area contributed by atoms with E-state index >= 15 is 0 Å². The predicted octanol–water partition coefficient (Wildman–Crippen LogP) is 3.77. The Kier molecular flexibility index (Phi) is 2.66. The molecule has 4 rings (SSSR count). The average molecular weight is 285 g/mol. The maximum Gasteiger partial charge on any atom is 0.227 e. The van der Waals surface area contributed by atoms with Crippen LogP contribution in [0.4, 0.5) is 5.69 Å². The number of ether oxygens (including phenoxy) is 1. The largest absolute Gasteiger partial charge is 0.484 e. The zero-order valence-electron chi connectivity index (χ0n) is 12.9. The number of carbonyl (C=O) groups excluding carboxylic acids is 1. The number of benzene rings is 1.